The largest absolute Gasteiger partial charge is 0.507 e. The highest BCUT2D eigenvalue weighted by atomic mass is 32.1. The topological polar surface area (TPSA) is 122 Å². The van der Waals surface area contributed by atoms with E-state index in [-0.39, 0.29) is 23.1 Å². The highest BCUT2D eigenvalue weighted by molar-refractivity contribution is 7.07. The highest BCUT2D eigenvalue weighted by Gasteiger charge is 2.16. The molecule has 1 fully saturated rings. The summed E-state index contributed by atoms with van der Waals surface area (Å²) < 4.78 is 6.92. The molecule has 4 rings (SSSR count). The first-order valence-electron chi connectivity index (χ1n) is 10.7. The van der Waals surface area contributed by atoms with Crippen molar-refractivity contribution < 1.29 is 19.7 Å². The van der Waals surface area contributed by atoms with Crippen LogP contribution in [-0.2, 0) is 0 Å². The Morgan fingerprint density at radius 3 is 2.64 bits per heavy atom. The Morgan fingerprint density at radius 1 is 1.15 bits per heavy atom. The van der Waals surface area contributed by atoms with Crippen molar-refractivity contribution in [2.45, 2.75) is 38.1 Å². The number of nitrogens with zero attached hydrogens (tertiary/aromatic N) is 3. The fraction of sp³-hybridized carbons (Fsp3) is 0.292. The van der Waals surface area contributed by atoms with Gasteiger partial charge in [0.1, 0.15) is 5.75 Å². The van der Waals surface area contributed by atoms with E-state index in [2.05, 4.69) is 5.10 Å². The number of primary amides is 1. The second kappa shape index (κ2) is 9.91. The number of phenolic OH excluding ortho intramolecular Hbond substituents is 1. The van der Waals surface area contributed by atoms with Gasteiger partial charge in [-0.25, -0.2) is 4.68 Å². The van der Waals surface area contributed by atoms with Crippen molar-refractivity contribution in [2.24, 2.45) is 15.8 Å². The van der Waals surface area contributed by atoms with E-state index in [9.17, 15) is 15.0 Å². The fourth-order valence-corrected chi connectivity index (χ4v) is 4.76. The normalized spacial score (nSPS) is 15.2. The number of rotatable bonds is 6. The Morgan fingerprint density at radius 2 is 1.91 bits per heavy atom. The summed E-state index contributed by atoms with van der Waals surface area (Å²) in [6.45, 7) is 0. The summed E-state index contributed by atoms with van der Waals surface area (Å²) in [7, 11) is 1.49. The van der Waals surface area contributed by atoms with Crippen molar-refractivity contribution in [1.29, 1.82) is 0 Å². The van der Waals surface area contributed by atoms with E-state index in [1.165, 1.54) is 43.8 Å². The van der Waals surface area contributed by atoms with Crippen LogP contribution in [0.1, 0.15) is 48.0 Å². The quantitative estimate of drug-likeness (QED) is 0.478. The smallest absolute Gasteiger partial charge is 0.252 e. The summed E-state index contributed by atoms with van der Waals surface area (Å²) in [4.78, 5) is 17.4. The van der Waals surface area contributed by atoms with E-state index < -0.39 is 5.91 Å². The number of amides is 1. The number of ether oxygens (including phenoxy) is 1. The van der Waals surface area contributed by atoms with Crippen LogP contribution < -0.4 is 15.3 Å². The van der Waals surface area contributed by atoms with Gasteiger partial charge in [0.05, 0.1) is 30.6 Å². The molecule has 4 N–H and O–H groups in total. The van der Waals surface area contributed by atoms with Crippen molar-refractivity contribution in [1.82, 2.24) is 4.68 Å². The Balaban J connectivity index is 1.80. The lowest BCUT2D eigenvalue weighted by atomic mass is 9.96. The van der Waals surface area contributed by atoms with Crippen LogP contribution in [0.3, 0.4) is 0 Å². The molecule has 1 saturated carbocycles. The molecule has 1 amide bonds. The predicted molar refractivity (Wildman–Crippen MR) is 128 cm³/mol. The van der Waals surface area contributed by atoms with Crippen molar-refractivity contribution in [2.75, 3.05) is 7.11 Å². The number of aromatic nitrogens is 1. The van der Waals surface area contributed by atoms with Gasteiger partial charge in [0.15, 0.2) is 11.5 Å². The van der Waals surface area contributed by atoms with E-state index in [1.807, 2.05) is 5.38 Å². The third-order valence-electron chi connectivity index (χ3n) is 5.64. The van der Waals surface area contributed by atoms with Gasteiger partial charge in [0.2, 0.25) is 4.80 Å². The molecule has 0 saturated heterocycles. The molecular formula is C24H26N4O4S. The van der Waals surface area contributed by atoms with Crippen LogP contribution >= 0.6 is 11.3 Å². The zero-order valence-corrected chi connectivity index (χ0v) is 19.1. The molecule has 1 aromatic heterocycles. The van der Waals surface area contributed by atoms with Crippen LogP contribution in [0.25, 0.3) is 11.3 Å². The molecule has 3 aromatic rings. The molecule has 8 nitrogen and oxygen atoms in total. The summed E-state index contributed by atoms with van der Waals surface area (Å²) in [6, 6.07) is 9.94. The number of thiazole rings is 1. The number of aromatic hydroxyl groups is 2. The number of carbonyl (C=O) groups is 1. The molecule has 9 heteroatoms. The number of benzene rings is 2. The second-order valence-electron chi connectivity index (χ2n) is 7.91. The maximum absolute atomic E-state index is 11.7. The molecule has 1 aliphatic rings. The molecule has 1 heterocycles. The third-order valence-corrected chi connectivity index (χ3v) is 6.47. The molecule has 1 aliphatic carbocycles. The first-order valence-corrected chi connectivity index (χ1v) is 11.6. The zero-order chi connectivity index (χ0) is 23.4. The first-order chi connectivity index (χ1) is 16.0. The first kappa shape index (κ1) is 22.6. The average molecular weight is 467 g/mol. The number of nitrogens with two attached hydrogens (primary N) is 1. The molecule has 0 aliphatic heterocycles. The Kier molecular flexibility index (Phi) is 6.79. The van der Waals surface area contributed by atoms with Crippen LogP contribution in [0.5, 0.6) is 17.2 Å². The van der Waals surface area contributed by atoms with E-state index in [0.717, 1.165) is 28.9 Å². The number of hydrogen-bond donors (Lipinski definition) is 3. The van der Waals surface area contributed by atoms with Gasteiger partial charge in [0, 0.05) is 10.9 Å². The van der Waals surface area contributed by atoms with Gasteiger partial charge < -0.3 is 20.7 Å². The Bertz CT molecular complexity index is 1260. The molecule has 33 heavy (non-hydrogen) atoms. The minimum atomic E-state index is -0.706. The summed E-state index contributed by atoms with van der Waals surface area (Å²) in [5.74, 6) is -0.469. The van der Waals surface area contributed by atoms with E-state index >= 15 is 0 Å². The molecular weight excluding hydrogens is 440 g/mol. The van der Waals surface area contributed by atoms with Gasteiger partial charge in [-0.05, 0) is 54.8 Å². The van der Waals surface area contributed by atoms with Gasteiger partial charge in [-0.1, -0.05) is 19.3 Å². The Labute approximate surface area is 195 Å². The monoisotopic (exact) mass is 466 g/mol. The summed E-state index contributed by atoms with van der Waals surface area (Å²) in [6.07, 6.45) is 7.35. The minimum absolute atomic E-state index is 0.0447. The van der Waals surface area contributed by atoms with Gasteiger partial charge in [-0.2, -0.15) is 5.10 Å². The summed E-state index contributed by atoms with van der Waals surface area (Å²) in [5.41, 5.74) is 7.61. The Hall–Kier alpha value is -3.59. The van der Waals surface area contributed by atoms with Gasteiger partial charge in [-0.15, -0.1) is 11.3 Å². The lowest BCUT2D eigenvalue weighted by Gasteiger charge is -2.16. The molecule has 0 radical (unpaired) electrons. The van der Waals surface area contributed by atoms with Crippen LogP contribution in [0.15, 0.2) is 51.9 Å². The van der Waals surface area contributed by atoms with Crippen molar-refractivity contribution in [3.63, 3.8) is 0 Å². The van der Waals surface area contributed by atoms with Gasteiger partial charge in [0.25, 0.3) is 5.91 Å². The summed E-state index contributed by atoms with van der Waals surface area (Å²) >= 11 is 1.47. The summed E-state index contributed by atoms with van der Waals surface area (Å²) in [5, 5.41) is 26.4. The van der Waals surface area contributed by atoms with Crippen LogP contribution in [0.4, 0.5) is 0 Å². The van der Waals surface area contributed by atoms with Gasteiger partial charge >= 0.3 is 0 Å². The maximum atomic E-state index is 11.7. The van der Waals surface area contributed by atoms with Gasteiger partial charge in [-0.3, -0.25) is 9.79 Å². The van der Waals surface area contributed by atoms with Crippen LogP contribution in [-0.4, -0.2) is 40.2 Å². The van der Waals surface area contributed by atoms with E-state index in [1.54, 1.807) is 41.2 Å². The minimum Gasteiger partial charge on any atom is -0.507 e. The molecule has 2 aromatic carbocycles. The standard InChI is InChI=1S/C24H26N4O4S/c1-32-22-11-15(7-9-21(22)30)13-26-28-19(16-8-10-20(29)18(12-16)23(25)31)14-33-24(28)27-17-5-3-2-4-6-17/h7-14,17,29-30H,2-6H2,1H3,(H2,25,31)/b26-13-,27-24?. The molecule has 0 spiro atoms. The van der Waals surface area contributed by atoms with E-state index in [4.69, 9.17) is 15.5 Å². The number of methoxy groups -OCH3 is 1. The van der Waals surface area contributed by atoms with Crippen LogP contribution in [0.2, 0.25) is 0 Å². The predicted octanol–water partition coefficient (Wildman–Crippen LogP) is 3.85. The molecule has 0 bridgehead atoms. The van der Waals surface area contributed by atoms with Crippen molar-refractivity contribution >= 4 is 23.5 Å². The lowest BCUT2D eigenvalue weighted by molar-refractivity contribution is 0.0998. The molecule has 172 valence electrons. The maximum Gasteiger partial charge on any atom is 0.252 e. The van der Waals surface area contributed by atoms with E-state index in [0.29, 0.717) is 11.3 Å². The van der Waals surface area contributed by atoms with Crippen molar-refractivity contribution in [3.8, 4) is 28.5 Å². The molecule has 0 unspecified atom stereocenters. The fourth-order valence-electron chi connectivity index (χ4n) is 3.86. The van der Waals surface area contributed by atoms with Crippen LogP contribution in [0, 0.1) is 0 Å². The second-order valence-corrected chi connectivity index (χ2v) is 8.74. The lowest BCUT2D eigenvalue weighted by Crippen LogP contribution is -2.19. The average Bonchev–Trinajstić information content (AvgIpc) is 3.21. The zero-order valence-electron chi connectivity index (χ0n) is 18.3. The number of carbonyl (C=O) groups excluding carboxylic acids is 1. The number of phenols is 2. The SMILES string of the molecule is COc1cc(/C=N\n2c(-c3ccc(O)c(C(N)=O)c3)csc2=NC2CCCCC2)ccc1O. The highest BCUT2D eigenvalue weighted by Crippen LogP contribution is 2.28. The number of hydrogen-bond acceptors (Lipinski definition) is 7. The molecule has 0 atom stereocenters. The third kappa shape index (κ3) is 5.09. The van der Waals surface area contributed by atoms with Crippen molar-refractivity contribution in [3.05, 3.63) is 57.7 Å².